The van der Waals surface area contributed by atoms with E-state index in [9.17, 15) is 9.59 Å². The summed E-state index contributed by atoms with van der Waals surface area (Å²) in [5, 5.41) is 2.71. The zero-order valence-corrected chi connectivity index (χ0v) is 7.05. The molecule has 1 aliphatic heterocycles. The normalized spacial score (nSPS) is 19.2. The predicted octanol–water partition coefficient (Wildman–Crippen LogP) is -0.935. The van der Waals surface area contributed by atoms with Crippen molar-refractivity contribution in [3.05, 3.63) is 0 Å². The minimum atomic E-state index is -1.23. The summed E-state index contributed by atoms with van der Waals surface area (Å²) >= 11 is 0. The maximum atomic E-state index is 11.1. The van der Waals surface area contributed by atoms with Gasteiger partial charge in [-0.2, -0.15) is 0 Å². The Bertz CT molecular complexity index is 191. The second-order valence-corrected chi connectivity index (χ2v) is 2.57. The molecule has 1 rings (SSSR count). The molecule has 5 nitrogen and oxygen atoms in total. The summed E-state index contributed by atoms with van der Waals surface area (Å²) in [7, 11) is 2.49. The molecule has 0 aromatic carbocycles. The molecule has 1 fully saturated rings. The minimum absolute atomic E-state index is 0.437. The van der Waals surface area contributed by atoms with Crippen molar-refractivity contribution in [1.82, 2.24) is 5.32 Å². The van der Waals surface area contributed by atoms with Crippen LogP contribution in [0.3, 0.4) is 0 Å². The fourth-order valence-corrected chi connectivity index (χ4v) is 1.16. The van der Waals surface area contributed by atoms with E-state index in [2.05, 4.69) is 14.8 Å². The van der Waals surface area contributed by atoms with Gasteiger partial charge in [0.1, 0.15) is 0 Å². The van der Waals surface area contributed by atoms with Crippen molar-refractivity contribution < 1.29 is 19.1 Å². The van der Waals surface area contributed by atoms with Gasteiger partial charge in [0.05, 0.1) is 14.2 Å². The summed E-state index contributed by atoms with van der Waals surface area (Å²) in [5.74, 6) is -1.17. The first-order chi connectivity index (χ1) is 5.67. The lowest BCUT2D eigenvalue weighted by molar-refractivity contribution is -0.167. The molecule has 0 aliphatic carbocycles. The lowest BCUT2D eigenvalue weighted by atomic mass is 9.88. The van der Waals surface area contributed by atoms with E-state index in [1.54, 1.807) is 0 Å². The topological polar surface area (TPSA) is 64.6 Å². The van der Waals surface area contributed by atoms with Crippen LogP contribution in [0.2, 0.25) is 0 Å². The Hall–Kier alpha value is -1.10. The van der Waals surface area contributed by atoms with E-state index in [1.165, 1.54) is 14.2 Å². The molecule has 0 saturated carbocycles. The zero-order chi connectivity index (χ0) is 9.19. The van der Waals surface area contributed by atoms with Gasteiger partial charge in [0, 0.05) is 0 Å². The summed E-state index contributed by atoms with van der Waals surface area (Å²) in [6.45, 7) is 0.629. The minimum Gasteiger partial charge on any atom is -0.467 e. The molecule has 0 atom stereocenters. The van der Waals surface area contributed by atoms with E-state index in [4.69, 9.17) is 0 Å². The summed E-state index contributed by atoms with van der Waals surface area (Å²) in [6, 6.07) is 0. The van der Waals surface area contributed by atoms with Crippen molar-refractivity contribution in [2.75, 3.05) is 20.8 Å². The van der Waals surface area contributed by atoms with Gasteiger partial charge in [0.15, 0.2) is 0 Å². The van der Waals surface area contributed by atoms with Gasteiger partial charge in [-0.25, -0.2) is 9.59 Å². The van der Waals surface area contributed by atoms with E-state index in [1.807, 2.05) is 0 Å². The Morgan fingerprint density at radius 1 is 1.25 bits per heavy atom. The molecule has 0 bridgehead atoms. The van der Waals surface area contributed by atoms with Crippen LogP contribution in [0.25, 0.3) is 0 Å². The summed E-state index contributed by atoms with van der Waals surface area (Å²) in [4.78, 5) is 22.3. The number of methoxy groups -OCH3 is 2. The van der Waals surface area contributed by atoms with Gasteiger partial charge in [0.25, 0.3) is 0 Å². The molecule has 12 heavy (non-hydrogen) atoms. The van der Waals surface area contributed by atoms with Gasteiger partial charge in [-0.15, -0.1) is 0 Å². The van der Waals surface area contributed by atoms with Crippen molar-refractivity contribution in [3.63, 3.8) is 0 Å². The van der Waals surface area contributed by atoms with Crippen LogP contribution in [0.15, 0.2) is 0 Å². The number of carbonyl (C=O) groups excluding carboxylic acids is 2. The third-order valence-corrected chi connectivity index (χ3v) is 1.99. The van der Waals surface area contributed by atoms with Crippen LogP contribution in [0.4, 0.5) is 0 Å². The third-order valence-electron chi connectivity index (χ3n) is 1.99. The summed E-state index contributed by atoms with van der Waals surface area (Å²) in [5.41, 5.74) is -1.23. The smallest absolute Gasteiger partial charge is 0.337 e. The molecule has 0 amide bonds. The van der Waals surface area contributed by atoms with E-state index < -0.39 is 17.5 Å². The van der Waals surface area contributed by atoms with Crippen LogP contribution in [0, 0.1) is 0 Å². The fraction of sp³-hybridized carbons (Fsp3) is 0.714. The maximum Gasteiger partial charge on any atom is 0.337 e. The molecular weight excluding hydrogens is 162 g/mol. The summed E-state index contributed by atoms with van der Waals surface area (Å²) < 4.78 is 8.96. The standard InChI is InChI=1S/C7H11NO4/c1-11-5(9)7(3-4-8-7)6(10)12-2/h8H,3-4H2,1-2H3. The number of ether oxygens (including phenoxy) is 2. The van der Waals surface area contributed by atoms with E-state index >= 15 is 0 Å². The van der Waals surface area contributed by atoms with Crippen molar-refractivity contribution in [2.45, 2.75) is 12.0 Å². The number of nitrogens with one attached hydrogen (secondary N) is 1. The molecule has 0 spiro atoms. The van der Waals surface area contributed by atoms with Crippen molar-refractivity contribution in [2.24, 2.45) is 0 Å². The molecule has 1 aliphatic rings. The van der Waals surface area contributed by atoms with Gasteiger partial charge >= 0.3 is 11.9 Å². The molecule has 0 unspecified atom stereocenters. The van der Waals surface area contributed by atoms with E-state index in [0.717, 1.165) is 0 Å². The number of carbonyl (C=O) groups is 2. The van der Waals surface area contributed by atoms with Gasteiger partial charge in [-0.1, -0.05) is 0 Å². The number of esters is 2. The highest BCUT2D eigenvalue weighted by atomic mass is 16.5. The number of rotatable bonds is 2. The van der Waals surface area contributed by atoms with Crippen LogP contribution >= 0.6 is 0 Å². The highest BCUT2D eigenvalue weighted by Crippen LogP contribution is 2.21. The largest absolute Gasteiger partial charge is 0.467 e. The van der Waals surface area contributed by atoms with Crippen LogP contribution in [-0.2, 0) is 19.1 Å². The van der Waals surface area contributed by atoms with Gasteiger partial charge in [0.2, 0.25) is 5.54 Å². The Balaban J connectivity index is 2.75. The van der Waals surface area contributed by atoms with Gasteiger partial charge in [-0.05, 0) is 13.0 Å². The van der Waals surface area contributed by atoms with Crippen LogP contribution < -0.4 is 5.32 Å². The van der Waals surface area contributed by atoms with Crippen LogP contribution in [0.5, 0.6) is 0 Å². The highest BCUT2D eigenvalue weighted by Gasteiger charge is 2.53. The number of hydrogen-bond acceptors (Lipinski definition) is 5. The van der Waals surface area contributed by atoms with E-state index in [0.29, 0.717) is 13.0 Å². The first-order valence-corrected chi connectivity index (χ1v) is 3.59. The fourth-order valence-electron chi connectivity index (χ4n) is 1.16. The van der Waals surface area contributed by atoms with Crippen molar-refractivity contribution >= 4 is 11.9 Å². The lowest BCUT2D eigenvalue weighted by Gasteiger charge is -2.36. The highest BCUT2D eigenvalue weighted by molar-refractivity contribution is 6.05. The molecule has 1 heterocycles. The average Bonchev–Trinajstić information content (AvgIpc) is 2.01. The van der Waals surface area contributed by atoms with Gasteiger partial charge < -0.3 is 9.47 Å². The molecule has 0 radical (unpaired) electrons. The first kappa shape index (κ1) is 8.99. The predicted molar refractivity (Wildman–Crippen MR) is 39.4 cm³/mol. The molecule has 5 heteroatoms. The van der Waals surface area contributed by atoms with Crippen molar-refractivity contribution in [1.29, 1.82) is 0 Å². The summed E-state index contributed by atoms with van der Waals surface area (Å²) in [6.07, 6.45) is 0.437. The van der Waals surface area contributed by atoms with Crippen molar-refractivity contribution in [3.8, 4) is 0 Å². The molecule has 68 valence electrons. The second-order valence-electron chi connectivity index (χ2n) is 2.57. The van der Waals surface area contributed by atoms with Gasteiger partial charge in [-0.3, -0.25) is 5.32 Å². The number of hydrogen-bond donors (Lipinski definition) is 1. The quantitative estimate of drug-likeness (QED) is 0.431. The Morgan fingerprint density at radius 3 is 1.83 bits per heavy atom. The molecule has 0 aromatic rings. The monoisotopic (exact) mass is 173 g/mol. The zero-order valence-electron chi connectivity index (χ0n) is 7.05. The second kappa shape index (κ2) is 3.10. The van der Waals surface area contributed by atoms with Crippen LogP contribution in [0.1, 0.15) is 6.42 Å². The maximum absolute atomic E-state index is 11.1. The molecular formula is C7H11NO4. The third kappa shape index (κ3) is 1.06. The Kier molecular flexibility index (Phi) is 2.32. The first-order valence-electron chi connectivity index (χ1n) is 3.59. The lowest BCUT2D eigenvalue weighted by Crippen LogP contribution is -2.67. The Labute approximate surface area is 70.0 Å². The average molecular weight is 173 g/mol. The molecule has 1 N–H and O–H groups in total. The molecule has 0 aromatic heterocycles. The molecule has 1 saturated heterocycles. The van der Waals surface area contributed by atoms with E-state index in [-0.39, 0.29) is 0 Å². The SMILES string of the molecule is COC(=O)C1(C(=O)OC)CCN1. The Morgan fingerprint density at radius 2 is 1.67 bits per heavy atom. The van der Waals surface area contributed by atoms with Crippen LogP contribution in [-0.4, -0.2) is 38.2 Å².